The lowest BCUT2D eigenvalue weighted by Gasteiger charge is -2.30. The maximum atomic E-state index is 12.2. The van der Waals surface area contributed by atoms with E-state index in [1.807, 2.05) is 24.3 Å². The van der Waals surface area contributed by atoms with Crippen molar-refractivity contribution in [3.8, 4) is 5.75 Å². The molecule has 0 spiro atoms. The van der Waals surface area contributed by atoms with E-state index in [9.17, 15) is 4.79 Å². The summed E-state index contributed by atoms with van der Waals surface area (Å²) in [5.41, 5.74) is 6.94. The van der Waals surface area contributed by atoms with Gasteiger partial charge in [0.1, 0.15) is 5.75 Å². The molecule has 0 saturated heterocycles. The normalized spacial score (nSPS) is 17.0. The molecule has 1 amide bonds. The van der Waals surface area contributed by atoms with E-state index in [0.717, 1.165) is 11.3 Å². The van der Waals surface area contributed by atoms with Crippen LogP contribution in [-0.4, -0.2) is 25.6 Å². The molecule has 0 bridgehead atoms. The summed E-state index contributed by atoms with van der Waals surface area (Å²) in [6.45, 7) is 0.533. The Hall–Kier alpha value is -1.55. The number of carbonyl (C=O) groups is 1. The summed E-state index contributed by atoms with van der Waals surface area (Å²) in [4.78, 5) is 12.2. The number of benzene rings is 1. The van der Waals surface area contributed by atoms with E-state index in [1.54, 1.807) is 7.11 Å². The molecule has 0 aromatic heterocycles. The summed E-state index contributed by atoms with van der Waals surface area (Å²) in [5.74, 6) is 1.49. The Bertz CT molecular complexity index is 470. The lowest BCUT2D eigenvalue weighted by Crippen LogP contribution is -2.46. The van der Waals surface area contributed by atoms with E-state index in [-0.39, 0.29) is 11.9 Å². The van der Waals surface area contributed by atoms with Crippen LogP contribution in [0.2, 0.25) is 0 Å². The van der Waals surface area contributed by atoms with Crippen molar-refractivity contribution < 1.29 is 9.53 Å². The van der Waals surface area contributed by atoms with Crippen LogP contribution in [0.3, 0.4) is 0 Å². The topological polar surface area (TPSA) is 64.3 Å². The first-order chi connectivity index (χ1) is 10.7. The van der Waals surface area contributed by atoms with Crippen LogP contribution in [0.25, 0.3) is 0 Å². The minimum absolute atomic E-state index is 0.0897. The molecule has 1 saturated carbocycles. The highest BCUT2D eigenvalue weighted by atomic mass is 16.5. The van der Waals surface area contributed by atoms with Gasteiger partial charge >= 0.3 is 0 Å². The van der Waals surface area contributed by atoms with Gasteiger partial charge in [-0.3, -0.25) is 4.79 Å². The van der Waals surface area contributed by atoms with Crippen LogP contribution in [0.1, 0.15) is 44.1 Å². The Labute approximate surface area is 133 Å². The number of nitrogens with two attached hydrogens (primary N) is 1. The Kier molecular flexibility index (Phi) is 6.72. The molecule has 4 heteroatoms. The fourth-order valence-corrected chi connectivity index (χ4v) is 3.34. The molecule has 1 unspecified atom stereocenters. The number of rotatable bonds is 7. The quantitative estimate of drug-likeness (QED) is 0.814. The van der Waals surface area contributed by atoms with E-state index in [1.165, 1.54) is 32.1 Å². The SMILES string of the molecule is COc1ccccc1CCC(=O)NC(CN)C1CCCCC1. The van der Waals surface area contributed by atoms with Crippen molar-refractivity contribution in [2.45, 2.75) is 51.0 Å². The van der Waals surface area contributed by atoms with Crippen molar-refractivity contribution in [3.63, 3.8) is 0 Å². The number of hydrogen-bond acceptors (Lipinski definition) is 3. The van der Waals surface area contributed by atoms with Crippen molar-refractivity contribution in [3.05, 3.63) is 29.8 Å². The number of nitrogens with one attached hydrogen (secondary N) is 1. The first-order valence-corrected chi connectivity index (χ1v) is 8.36. The van der Waals surface area contributed by atoms with Gasteiger partial charge in [-0.2, -0.15) is 0 Å². The van der Waals surface area contributed by atoms with Crippen molar-refractivity contribution in [1.82, 2.24) is 5.32 Å². The van der Waals surface area contributed by atoms with Crippen molar-refractivity contribution >= 4 is 5.91 Å². The van der Waals surface area contributed by atoms with Gasteiger partial charge < -0.3 is 15.8 Å². The molecule has 1 aliphatic carbocycles. The van der Waals surface area contributed by atoms with Gasteiger partial charge in [0.05, 0.1) is 7.11 Å². The van der Waals surface area contributed by atoms with Crippen LogP contribution in [0.5, 0.6) is 5.75 Å². The predicted molar refractivity (Wildman–Crippen MR) is 88.9 cm³/mol. The third kappa shape index (κ3) is 4.73. The second-order valence-corrected chi connectivity index (χ2v) is 6.12. The summed E-state index contributed by atoms with van der Waals surface area (Å²) < 4.78 is 5.32. The van der Waals surface area contributed by atoms with Gasteiger partial charge in [-0.1, -0.05) is 37.5 Å². The fourth-order valence-electron chi connectivity index (χ4n) is 3.34. The van der Waals surface area contributed by atoms with Gasteiger partial charge in [0, 0.05) is 19.0 Å². The van der Waals surface area contributed by atoms with E-state index in [4.69, 9.17) is 10.5 Å². The number of aryl methyl sites for hydroxylation is 1. The molecular formula is C18H28N2O2. The summed E-state index contributed by atoms with van der Waals surface area (Å²) in [5, 5.41) is 3.14. The molecule has 1 fully saturated rings. The largest absolute Gasteiger partial charge is 0.496 e. The van der Waals surface area contributed by atoms with Crippen molar-refractivity contribution in [1.29, 1.82) is 0 Å². The number of hydrogen-bond donors (Lipinski definition) is 2. The maximum Gasteiger partial charge on any atom is 0.220 e. The summed E-state index contributed by atoms with van der Waals surface area (Å²) in [6, 6.07) is 7.98. The predicted octanol–water partition coefficient (Wildman–Crippen LogP) is 2.65. The van der Waals surface area contributed by atoms with Crippen molar-refractivity contribution in [2.24, 2.45) is 11.7 Å². The zero-order valence-electron chi connectivity index (χ0n) is 13.5. The molecule has 122 valence electrons. The second-order valence-electron chi connectivity index (χ2n) is 6.12. The first kappa shape index (κ1) is 16.8. The van der Waals surface area contributed by atoms with Gasteiger partial charge in [0.25, 0.3) is 0 Å². The molecule has 0 heterocycles. The zero-order chi connectivity index (χ0) is 15.8. The molecule has 2 rings (SSSR count). The van der Waals surface area contributed by atoms with Gasteiger partial charge in [-0.25, -0.2) is 0 Å². The van der Waals surface area contributed by atoms with Crippen molar-refractivity contribution in [2.75, 3.05) is 13.7 Å². The van der Waals surface area contributed by atoms with E-state index < -0.39 is 0 Å². The molecule has 4 nitrogen and oxygen atoms in total. The zero-order valence-corrected chi connectivity index (χ0v) is 13.5. The molecule has 1 aromatic rings. The van der Waals surface area contributed by atoms with Crippen LogP contribution >= 0.6 is 0 Å². The Morgan fingerprint density at radius 3 is 2.73 bits per heavy atom. The van der Waals surface area contributed by atoms with Crippen LogP contribution < -0.4 is 15.8 Å². The van der Waals surface area contributed by atoms with Gasteiger partial charge in [-0.05, 0) is 36.8 Å². The second kappa shape index (κ2) is 8.79. The lowest BCUT2D eigenvalue weighted by molar-refractivity contribution is -0.122. The summed E-state index contributed by atoms with van der Waals surface area (Å²) in [7, 11) is 1.66. The third-order valence-electron chi connectivity index (χ3n) is 4.63. The van der Waals surface area contributed by atoms with E-state index in [2.05, 4.69) is 5.32 Å². The molecule has 22 heavy (non-hydrogen) atoms. The minimum Gasteiger partial charge on any atom is -0.496 e. The summed E-state index contributed by atoms with van der Waals surface area (Å²) in [6.07, 6.45) is 7.39. The highest BCUT2D eigenvalue weighted by Crippen LogP contribution is 2.26. The molecule has 0 aliphatic heterocycles. The molecule has 1 aliphatic rings. The number of methoxy groups -OCH3 is 1. The Balaban J connectivity index is 1.83. The van der Waals surface area contributed by atoms with Crippen LogP contribution in [-0.2, 0) is 11.2 Å². The molecule has 1 atom stereocenters. The lowest BCUT2D eigenvalue weighted by atomic mass is 9.84. The Morgan fingerprint density at radius 1 is 1.32 bits per heavy atom. The standard InChI is InChI=1S/C18H28N2O2/c1-22-17-10-6-5-9-15(17)11-12-18(21)20-16(13-19)14-7-3-2-4-8-14/h5-6,9-10,14,16H,2-4,7-8,11-13,19H2,1H3,(H,20,21). The molecule has 1 aromatic carbocycles. The first-order valence-electron chi connectivity index (χ1n) is 8.36. The molecule has 0 radical (unpaired) electrons. The minimum atomic E-state index is 0.0897. The molecular weight excluding hydrogens is 276 g/mol. The number of ether oxygens (including phenoxy) is 1. The number of carbonyl (C=O) groups excluding carboxylic acids is 1. The monoisotopic (exact) mass is 304 g/mol. The van der Waals surface area contributed by atoms with Crippen LogP contribution in [0.15, 0.2) is 24.3 Å². The van der Waals surface area contributed by atoms with Gasteiger partial charge in [-0.15, -0.1) is 0 Å². The van der Waals surface area contributed by atoms with Gasteiger partial charge in [0.15, 0.2) is 0 Å². The third-order valence-corrected chi connectivity index (χ3v) is 4.63. The fraction of sp³-hybridized carbons (Fsp3) is 0.611. The smallest absolute Gasteiger partial charge is 0.220 e. The number of para-hydroxylation sites is 1. The summed E-state index contributed by atoms with van der Waals surface area (Å²) >= 11 is 0. The molecule has 3 N–H and O–H groups in total. The Morgan fingerprint density at radius 2 is 2.05 bits per heavy atom. The van der Waals surface area contributed by atoms with E-state index in [0.29, 0.717) is 25.3 Å². The highest BCUT2D eigenvalue weighted by molar-refractivity contribution is 5.76. The van der Waals surface area contributed by atoms with Gasteiger partial charge in [0.2, 0.25) is 5.91 Å². The maximum absolute atomic E-state index is 12.2. The van der Waals surface area contributed by atoms with E-state index >= 15 is 0 Å². The number of amides is 1. The average molecular weight is 304 g/mol. The highest BCUT2D eigenvalue weighted by Gasteiger charge is 2.23. The van der Waals surface area contributed by atoms with Crippen LogP contribution in [0, 0.1) is 5.92 Å². The van der Waals surface area contributed by atoms with Crippen LogP contribution in [0.4, 0.5) is 0 Å². The average Bonchev–Trinajstić information content (AvgIpc) is 2.58.